The van der Waals surface area contributed by atoms with Crippen LogP contribution in [0.3, 0.4) is 0 Å². The zero-order valence-corrected chi connectivity index (χ0v) is 14.9. The van der Waals surface area contributed by atoms with Crippen molar-refractivity contribution >= 4 is 39.2 Å². The fraction of sp³-hybridized carbons (Fsp3) is 0.0667. The molecule has 10 heteroatoms. The largest absolute Gasteiger partial charge is 0.264 e. The summed E-state index contributed by atoms with van der Waals surface area (Å²) >= 11 is 11.7. The standard InChI is InChI=1S/C15H11Cl2FN4O2S/c16-10-4-6-11(7-5-10)25(23,24)21-15-19-9-22(20-15)8-12-13(17)2-1-3-14(12)18/h1-7,9H,8H2,(H,20,21). The Balaban J connectivity index is 1.79. The topological polar surface area (TPSA) is 76.9 Å². The summed E-state index contributed by atoms with van der Waals surface area (Å²) in [6.07, 6.45) is 1.28. The van der Waals surface area contributed by atoms with Crippen LogP contribution in [0.15, 0.2) is 53.7 Å². The maximum atomic E-state index is 13.8. The first-order valence-electron chi connectivity index (χ1n) is 6.96. The molecule has 0 aliphatic heterocycles. The number of hydrogen-bond donors (Lipinski definition) is 1. The molecule has 0 saturated heterocycles. The van der Waals surface area contributed by atoms with E-state index in [2.05, 4.69) is 14.8 Å². The van der Waals surface area contributed by atoms with Gasteiger partial charge in [0, 0.05) is 15.6 Å². The summed E-state index contributed by atoms with van der Waals surface area (Å²) < 4.78 is 41.9. The van der Waals surface area contributed by atoms with Crippen LogP contribution in [-0.2, 0) is 16.6 Å². The van der Waals surface area contributed by atoms with E-state index in [9.17, 15) is 12.8 Å². The first-order chi connectivity index (χ1) is 11.8. The molecular weight excluding hydrogens is 390 g/mol. The molecule has 1 N–H and O–H groups in total. The van der Waals surface area contributed by atoms with Crippen molar-refractivity contribution in [1.29, 1.82) is 0 Å². The average Bonchev–Trinajstić information content (AvgIpc) is 2.98. The molecule has 25 heavy (non-hydrogen) atoms. The second kappa shape index (κ2) is 6.99. The summed E-state index contributed by atoms with van der Waals surface area (Å²) in [5.74, 6) is -0.617. The molecule has 0 unspecified atom stereocenters. The minimum Gasteiger partial charge on any atom is -0.246 e. The van der Waals surface area contributed by atoms with Crippen LogP contribution in [0.4, 0.5) is 10.3 Å². The Kier molecular flexibility index (Phi) is 4.94. The minimum absolute atomic E-state index is 0.0151. The van der Waals surface area contributed by atoms with Crippen molar-refractivity contribution in [1.82, 2.24) is 14.8 Å². The predicted octanol–water partition coefficient (Wildman–Crippen LogP) is 3.57. The monoisotopic (exact) mass is 400 g/mol. The molecular formula is C15H11Cl2FN4O2S. The van der Waals surface area contributed by atoms with Gasteiger partial charge in [0.1, 0.15) is 12.1 Å². The predicted molar refractivity (Wildman–Crippen MR) is 92.8 cm³/mol. The number of rotatable bonds is 5. The normalized spacial score (nSPS) is 11.5. The van der Waals surface area contributed by atoms with Crippen LogP contribution < -0.4 is 4.72 Å². The van der Waals surface area contributed by atoms with E-state index in [0.717, 1.165) is 0 Å². The van der Waals surface area contributed by atoms with Gasteiger partial charge in [0.05, 0.1) is 11.4 Å². The summed E-state index contributed by atoms with van der Waals surface area (Å²) in [5.41, 5.74) is 0.237. The van der Waals surface area contributed by atoms with Gasteiger partial charge < -0.3 is 0 Å². The molecule has 0 spiro atoms. The minimum atomic E-state index is -3.85. The van der Waals surface area contributed by atoms with Gasteiger partial charge >= 0.3 is 0 Å². The maximum Gasteiger partial charge on any atom is 0.264 e. The molecule has 130 valence electrons. The van der Waals surface area contributed by atoms with E-state index in [1.165, 1.54) is 47.4 Å². The van der Waals surface area contributed by atoms with Gasteiger partial charge in [0.15, 0.2) is 0 Å². The van der Waals surface area contributed by atoms with Gasteiger partial charge in [-0.3, -0.25) is 0 Å². The molecule has 0 fully saturated rings. The molecule has 1 heterocycles. The highest BCUT2D eigenvalue weighted by Crippen LogP contribution is 2.20. The molecule has 6 nitrogen and oxygen atoms in total. The van der Waals surface area contributed by atoms with E-state index in [1.54, 1.807) is 6.07 Å². The fourth-order valence-electron chi connectivity index (χ4n) is 2.06. The smallest absolute Gasteiger partial charge is 0.246 e. The molecule has 0 amide bonds. The van der Waals surface area contributed by atoms with Gasteiger partial charge in [0.25, 0.3) is 16.0 Å². The van der Waals surface area contributed by atoms with Gasteiger partial charge in [-0.2, -0.15) is 4.98 Å². The zero-order valence-electron chi connectivity index (χ0n) is 12.5. The Hall–Kier alpha value is -2.16. The molecule has 3 rings (SSSR count). The van der Waals surface area contributed by atoms with Gasteiger partial charge in [-0.05, 0) is 36.4 Å². The fourth-order valence-corrected chi connectivity index (χ4v) is 3.35. The quantitative estimate of drug-likeness (QED) is 0.709. The lowest BCUT2D eigenvalue weighted by molar-refractivity contribution is 0.584. The molecule has 3 aromatic rings. The second-order valence-corrected chi connectivity index (χ2v) is 7.55. The van der Waals surface area contributed by atoms with E-state index in [-0.39, 0.29) is 28.0 Å². The first kappa shape index (κ1) is 17.7. The summed E-state index contributed by atoms with van der Waals surface area (Å²) in [4.78, 5) is 3.89. The van der Waals surface area contributed by atoms with Crippen LogP contribution >= 0.6 is 23.2 Å². The van der Waals surface area contributed by atoms with E-state index in [4.69, 9.17) is 23.2 Å². The highest BCUT2D eigenvalue weighted by molar-refractivity contribution is 7.92. The van der Waals surface area contributed by atoms with Crippen LogP contribution in [0.25, 0.3) is 0 Å². The molecule has 0 saturated carbocycles. The van der Waals surface area contributed by atoms with Crippen molar-refractivity contribution in [3.63, 3.8) is 0 Å². The molecule has 0 atom stereocenters. The number of hydrogen-bond acceptors (Lipinski definition) is 4. The second-order valence-electron chi connectivity index (χ2n) is 5.03. The van der Waals surface area contributed by atoms with E-state index < -0.39 is 15.8 Å². The number of sulfonamides is 1. The molecule has 0 aliphatic rings. The van der Waals surface area contributed by atoms with Crippen LogP contribution in [0.2, 0.25) is 10.0 Å². The third-order valence-corrected chi connectivity index (χ3v) is 5.22. The van der Waals surface area contributed by atoms with Gasteiger partial charge in [-0.25, -0.2) is 22.2 Å². The Morgan fingerprint density at radius 1 is 1.12 bits per heavy atom. The van der Waals surface area contributed by atoms with Crippen molar-refractivity contribution in [2.24, 2.45) is 0 Å². The lowest BCUT2D eigenvalue weighted by Gasteiger charge is -2.06. The maximum absolute atomic E-state index is 13.8. The lowest BCUT2D eigenvalue weighted by Crippen LogP contribution is -2.14. The summed E-state index contributed by atoms with van der Waals surface area (Å²) in [6, 6.07) is 9.98. The average molecular weight is 401 g/mol. The number of benzene rings is 2. The Morgan fingerprint density at radius 3 is 2.52 bits per heavy atom. The number of nitrogens with zero attached hydrogens (tertiary/aromatic N) is 3. The van der Waals surface area contributed by atoms with E-state index in [0.29, 0.717) is 5.02 Å². The number of nitrogens with one attached hydrogen (secondary N) is 1. The molecule has 1 aromatic heterocycles. The molecule has 0 radical (unpaired) electrons. The SMILES string of the molecule is O=S(=O)(Nc1ncn(Cc2c(F)cccc2Cl)n1)c1ccc(Cl)cc1. The Labute approximate surface area is 153 Å². The van der Waals surface area contributed by atoms with Crippen LogP contribution in [0, 0.1) is 5.82 Å². The van der Waals surface area contributed by atoms with E-state index >= 15 is 0 Å². The van der Waals surface area contributed by atoms with Gasteiger partial charge in [-0.15, -0.1) is 5.10 Å². The first-order valence-corrected chi connectivity index (χ1v) is 9.20. The van der Waals surface area contributed by atoms with Gasteiger partial charge in [0.2, 0.25) is 0 Å². The van der Waals surface area contributed by atoms with Crippen LogP contribution in [-0.4, -0.2) is 23.2 Å². The van der Waals surface area contributed by atoms with Gasteiger partial charge in [-0.1, -0.05) is 29.3 Å². The van der Waals surface area contributed by atoms with Crippen molar-refractivity contribution in [2.75, 3.05) is 4.72 Å². The van der Waals surface area contributed by atoms with Crippen molar-refractivity contribution in [2.45, 2.75) is 11.4 Å². The third-order valence-electron chi connectivity index (χ3n) is 3.27. The number of anilines is 1. The van der Waals surface area contributed by atoms with Crippen molar-refractivity contribution in [3.05, 3.63) is 70.2 Å². The summed E-state index contributed by atoms with van der Waals surface area (Å²) in [6.45, 7) is 0.0151. The lowest BCUT2D eigenvalue weighted by atomic mass is 10.2. The number of halogens is 3. The summed E-state index contributed by atoms with van der Waals surface area (Å²) in [7, 11) is -3.85. The summed E-state index contributed by atoms with van der Waals surface area (Å²) in [5, 5.41) is 4.65. The van der Waals surface area contributed by atoms with Crippen molar-refractivity contribution < 1.29 is 12.8 Å². The van der Waals surface area contributed by atoms with Crippen LogP contribution in [0.1, 0.15) is 5.56 Å². The van der Waals surface area contributed by atoms with Crippen LogP contribution in [0.5, 0.6) is 0 Å². The third kappa shape index (κ3) is 4.09. The van der Waals surface area contributed by atoms with E-state index in [1.807, 2.05) is 0 Å². The number of aromatic nitrogens is 3. The Morgan fingerprint density at radius 2 is 1.84 bits per heavy atom. The van der Waals surface area contributed by atoms with Crippen molar-refractivity contribution in [3.8, 4) is 0 Å². The molecule has 0 bridgehead atoms. The molecule has 0 aliphatic carbocycles. The molecule has 2 aromatic carbocycles. The highest BCUT2D eigenvalue weighted by atomic mass is 35.5. The zero-order chi connectivity index (χ0) is 18.0. The highest BCUT2D eigenvalue weighted by Gasteiger charge is 2.17. The Bertz CT molecular complexity index is 986.